The fourth-order valence-corrected chi connectivity index (χ4v) is 3.66. The summed E-state index contributed by atoms with van der Waals surface area (Å²) in [6.45, 7) is 1.93. The summed E-state index contributed by atoms with van der Waals surface area (Å²) >= 11 is 9.83. The fourth-order valence-electron chi connectivity index (χ4n) is 2.82. The molecule has 0 aliphatic heterocycles. The van der Waals surface area contributed by atoms with Crippen LogP contribution in [0.2, 0.25) is 0 Å². The Kier molecular flexibility index (Phi) is 4.05. The molecule has 0 heterocycles. The molecule has 0 fully saturated rings. The van der Waals surface area contributed by atoms with E-state index >= 15 is 0 Å². The Morgan fingerprint density at radius 3 is 2.81 bits per heavy atom. The van der Waals surface area contributed by atoms with Gasteiger partial charge in [-0.3, -0.25) is 4.79 Å². The number of hydrogen-bond donors (Lipinski definition) is 1. The van der Waals surface area contributed by atoms with Crippen LogP contribution in [0.15, 0.2) is 46.9 Å². The van der Waals surface area contributed by atoms with Crippen molar-refractivity contribution in [3.05, 3.63) is 69.2 Å². The number of amides is 1. The van der Waals surface area contributed by atoms with Crippen LogP contribution in [0.25, 0.3) is 0 Å². The van der Waals surface area contributed by atoms with Gasteiger partial charge in [-0.15, -0.1) is 11.6 Å². The molecule has 1 amide bonds. The molecule has 1 N–H and O–H groups in total. The van der Waals surface area contributed by atoms with E-state index in [9.17, 15) is 4.79 Å². The zero-order valence-corrected chi connectivity index (χ0v) is 13.9. The molecule has 2 nitrogen and oxygen atoms in total. The lowest BCUT2D eigenvalue weighted by molar-refractivity contribution is 0.0936. The van der Waals surface area contributed by atoms with Gasteiger partial charge in [-0.2, -0.15) is 0 Å². The Hall–Kier alpha value is -1.32. The highest BCUT2D eigenvalue weighted by Crippen LogP contribution is 2.35. The Morgan fingerprint density at radius 1 is 1.29 bits per heavy atom. The quantitative estimate of drug-likeness (QED) is 0.787. The first-order valence-corrected chi connectivity index (χ1v) is 8.08. The smallest absolute Gasteiger partial charge is 0.252 e. The maximum atomic E-state index is 12.5. The predicted octanol–water partition coefficient (Wildman–Crippen LogP) is 4.39. The first kappa shape index (κ1) is 14.6. The van der Waals surface area contributed by atoms with Crippen LogP contribution in [0.3, 0.4) is 0 Å². The zero-order valence-electron chi connectivity index (χ0n) is 11.6. The van der Waals surface area contributed by atoms with E-state index in [-0.39, 0.29) is 17.3 Å². The van der Waals surface area contributed by atoms with Gasteiger partial charge >= 0.3 is 0 Å². The van der Waals surface area contributed by atoms with Gasteiger partial charge in [0.25, 0.3) is 5.91 Å². The van der Waals surface area contributed by atoms with Gasteiger partial charge in [0.15, 0.2) is 0 Å². The number of alkyl halides is 1. The van der Waals surface area contributed by atoms with Crippen LogP contribution in [0.4, 0.5) is 0 Å². The van der Waals surface area contributed by atoms with Gasteiger partial charge in [-0.1, -0.05) is 40.2 Å². The summed E-state index contributed by atoms with van der Waals surface area (Å²) in [5.41, 5.74) is 3.97. The Morgan fingerprint density at radius 2 is 2.05 bits per heavy atom. The number of benzene rings is 2. The average Bonchev–Trinajstić information content (AvgIpc) is 2.75. The first-order chi connectivity index (χ1) is 10.1. The zero-order chi connectivity index (χ0) is 15.0. The summed E-state index contributed by atoms with van der Waals surface area (Å²) in [5.74, 6) is -0.0765. The van der Waals surface area contributed by atoms with E-state index < -0.39 is 0 Å². The van der Waals surface area contributed by atoms with E-state index in [2.05, 4.69) is 27.3 Å². The maximum absolute atomic E-state index is 12.5. The third kappa shape index (κ3) is 2.85. The molecule has 0 saturated heterocycles. The third-order valence-corrected chi connectivity index (χ3v) is 4.79. The van der Waals surface area contributed by atoms with Crippen molar-refractivity contribution in [2.75, 3.05) is 0 Å². The number of fused-ring (bicyclic) bond motifs is 1. The van der Waals surface area contributed by atoms with Crippen LogP contribution in [-0.4, -0.2) is 11.3 Å². The number of carbonyl (C=O) groups is 1. The van der Waals surface area contributed by atoms with Crippen molar-refractivity contribution in [2.24, 2.45) is 0 Å². The molecule has 4 heteroatoms. The van der Waals surface area contributed by atoms with Gasteiger partial charge in [-0.25, -0.2) is 0 Å². The number of hydrogen-bond acceptors (Lipinski definition) is 1. The van der Waals surface area contributed by atoms with Gasteiger partial charge in [-0.05, 0) is 48.2 Å². The first-order valence-electron chi connectivity index (χ1n) is 6.85. The largest absolute Gasteiger partial charge is 0.344 e. The van der Waals surface area contributed by atoms with E-state index in [0.29, 0.717) is 5.56 Å². The lowest BCUT2D eigenvalue weighted by Gasteiger charge is -2.18. The lowest BCUT2D eigenvalue weighted by Crippen LogP contribution is -2.32. The molecule has 21 heavy (non-hydrogen) atoms. The second-order valence-electron chi connectivity index (χ2n) is 5.33. The van der Waals surface area contributed by atoms with Crippen molar-refractivity contribution >= 4 is 33.4 Å². The summed E-state index contributed by atoms with van der Waals surface area (Å²) in [6, 6.07) is 13.6. The molecule has 108 valence electrons. The molecule has 2 aromatic rings. The molecule has 1 aliphatic carbocycles. The molecule has 0 saturated carbocycles. The van der Waals surface area contributed by atoms with Crippen molar-refractivity contribution in [3.8, 4) is 0 Å². The van der Waals surface area contributed by atoms with E-state index in [1.54, 1.807) is 0 Å². The molecule has 0 spiro atoms. The molecule has 0 bridgehead atoms. The molecule has 3 rings (SSSR count). The van der Waals surface area contributed by atoms with Crippen molar-refractivity contribution in [1.82, 2.24) is 5.32 Å². The van der Waals surface area contributed by atoms with Crippen molar-refractivity contribution in [2.45, 2.75) is 24.8 Å². The van der Waals surface area contributed by atoms with Crippen LogP contribution in [0.1, 0.15) is 33.1 Å². The highest BCUT2D eigenvalue weighted by atomic mass is 79.9. The van der Waals surface area contributed by atoms with Gasteiger partial charge < -0.3 is 5.32 Å². The summed E-state index contributed by atoms with van der Waals surface area (Å²) in [6.07, 6.45) is 0.794. The second-order valence-corrected chi connectivity index (χ2v) is 6.81. The van der Waals surface area contributed by atoms with Gasteiger partial charge in [0.2, 0.25) is 0 Å². The Bertz CT molecular complexity index is 701. The molecule has 0 aromatic heterocycles. The van der Waals surface area contributed by atoms with E-state index in [4.69, 9.17) is 11.6 Å². The fraction of sp³-hybridized carbons (Fsp3) is 0.235. The lowest BCUT2D eigenvalue weighted by atomic mass is 10.1. The average molecular weight is 365 g/mol. The summed E-state index contributed by atoms with van der Waals surface area (Å²) in [4.78, 5) is 12.5. The van der Waals surface area contributed by atoms with E-state index in [0.717, 1.165) is 22.0 Å². The highest BCUT2D eigenvalue weighted by Gasteiger charge is 2.32. The standard InChI is InChI=1S/C17H15BrClNO/c1-10-8-12(18)6-7-13(10)17(21)20-16-14-5-3-2-4-11(14)9-15(16)19/h2-8,15-16H,9H2,1H3,(H,20,21). The van der Waals surface area contributed by atoms with E-state index in [1.807, 2.05) is 43.3 Å². The minimum atomic E-state index is -0.126. The number of halogens is 2. The van der Waals surface area contributed by atoms with Crippen LogP contribution in [0, 0.1) is 6.92 Å². The maximum Gasteiger partial charge on any atom is 0.252 e. The monoisotopic (exact) mass is 363 g/mol. The Labute approximate surface area is 137 Å². The van der Waals surface area contributed by atoms with Crippen LogP contribution >= 0.6 is 27.5 Å². The van der Waals surface area contributed by atoms with Gasteiger partial charge in [0, 0.05) is 10.0 Å². The number of nitrogens with one attached hydrogen (secondary N) is 1. The summed E-state index contributed by atoms with van der Waals surface area (Å²) in [7, 11) is 0. The van der Waals surface area contributed by atoms with Gasteiger partial charge in [0.05, 0.1) is 11.4 Å². The van der Waals surface area contributed by atoms with Crippen molar-refractivity contribution in [3.63, 3.8) is 0 Å². The van der Waals surface area contributed by atoms with Crippen LogP contribution < -0.4 is 5.32 Å². The Balaban J connectivity index is 1.85. The third-order valence-electron chi connectivity index (χ3n) is 3.89. The predicted molar refractivity (Wildman–Crippen MR) is 88.9 cm³/mol. The topological polar surface area (TPSA) is 29.1 Å². The molecule has 2 unspecified atom stereocenters. The molecule has 2 aromatic carbocycles. The summed E-state index contributed by atoms with van der Waals surface area (Å²) in [5, 5.41) is 2.98. The molecule has 0 radical (unpaired) electrons. The van der Waals surface area contributed by atoms with Crippen molar-refractivity contribution in [1.29, 1.82) is 0 Å². The number of carbonyl (C=O) groups excluding carboxylic acids is 1. The highest BCUT2D eigenvalue weighted by molar-refractivity contribution is 9.10. The molecule has 2 atom stereocenters. The molecular formula is C17H15BrClNO. The second kappa shape index (κ2) is 5.82. The minimum absolute atomic E-state index is 0.0765. The van der Waals surface area contributed by atoms with Crippen molar-refractivity contribution < 1.29 is 4.79 Å². The summed E-state index contributed by atoms with van der Waals surface area (Å²) < 4.78 is 0.970. The minimum Gasteiger partial charge on any atom is -0.344 e. The van der Waals surface area contributed by atoms with Gasteiger partial charge in [0.1, 0.15) is 0 Å². The van der Waals surface area contributed by atoms with Crippen LogP contribution in [-0.2, 0) is 6.42 Å². The number of aryl methyl sites for hydroxylation is 1. The van der Waals surface area contributed by atoms with Crippen LogP contribution in [0.5, 0.6) is 0 Å². The normalized spacial score (nSPS) is 20.1. The number of rotatable bonds is 2. The SMILES string of the molecule is Cc1cc(Br)ccc1C(=O)NC1c2ccccc2CC1Cl. The molecular weight excluding hydrogens is 350 g/mol. The van der Waals surface area contributed by atoms with E-state index in [1.165, 1.54) is 5.56 Å². The molecule has 1 aliphatic rings.